The lowest BCUT2D eigenvalue weighted by Gasteiger charge is -2.48. The van der Waals surface area contributed by atoms with Gasteiger partial charge in [-0.25, -0.2) is 4.98 Å². The fourth-order valence-electron chi connectivity index (χ4n) is 5.46. The van der Waals surface area contributed by atoms with Crippen molar-refractivity contribution >= 4 is 16.6 Å². The maximum absolute atomic E-state index is 5.05. The van der Waals surface area contributed by atoms with E-state index >= 15 is 0 Å². The van der Waals surface area contributed by atoms with Gasteiger partial charge in [-0.1, -0.05) is 42.5 Å². The number of benzene rings is 2. The summed E-state index contributed by atoms with van der Waals surface area (Å²) in [7, 11) is 0. The largest absolute Gasteiger partial charge is 0.316 e. The molecule has 5 rings (SSSR count). The average Bonchev–Trinajstić information content (AvgIpc) is 2.80. The van der Waals surface area contributed by atoms with Crippen LogP contribution >= 0.6 is 0 Å². The number of hydrogen-bond acceptors (Lipinski definition) is 2. The molecule has 2 aromatic carbocycles. The number of hydrogen-bond donors (Lipinski definition) is 1. The summed E-state index contributed by atoms with van der Waals surface area (Å²) in [5.74, 6) is 0. The van der Waals surface area contributed by atoms with E-state index in [4.69, 9.17) is 4.98 Å². The van der Waals surface area contributed by atoms with Gasteiger partial charge in [0.05, 0.1) is 35.7 Å². The van der Waals surface area contributed by atoms with E-state index < -0.39 is 0 Å². The van der Waals surface area contributed by atoms with Crippen LogP contribution in [0.5, 0.6) is 0 Å². The van der Waals surface area contributed by atoms with Crippen molar-refractivity contribution < 1.29 is 0 Å². The second-order valence-electron chi connectivity index (χ2n) is 8.43. The summed E-state index contributed by atoms with van der Waals surface area (Å²) in [5.41, 5.74) is 4.98. The van der Waals surface area contributed by atoms with Gasteiger partial charge in [0, 0.05) is 37.6 Å². The third-order valence-corrected chi connectivity index (χ3v) is 6.87. The Kier molecular flexibility index (Phi) is 4.87. The minimum Gasteiger partial charge on any atom is -0.316 e. The quantitative estimate of drug-likeness (QED) is 0.644. The van der Waals surface area contributed by atoms with Crippen molar-refractivity contribution in [1.82, 2.24) is 14.8 Å². The number of aromatic nitrogens is 1. The zero-order valence-electron chi connectivity index (χ0n) is 16.6. The Hall–Kier alpha value is -2.23. The van der Waals surface area contributed by atoms with Gasteiger partial charge in [0.15, 0.2) is 0 Å². The van der Waals surface area contributed by atoms with Crippen molar-refractivity contribution in [2.75, 3.05) is 26.2 Å². The molecule has 2 fully saturated rings. The molecular weight excluding hydrogens is 342 g/mol. The molecule has 3 nitrogen and oxygen atoms in total. The summed E-state index contributed by atoms with van der Waals surface area (Å²) >= 11 is 0. The van der Waals surface area contributed by atoms with E-state index in [0.717, 1.165) is 34.8 Å². The van der Waals surface area contributed by atoms with Gasteiger partial charge in [0.25, 0.3) is 0 Å². The van der Waals surface area contributed by atoms with Gasteiger partial charge in [-0.05, 0) is 31.4 Å². The molecule has 0 saturated carbocycles. The number of nitrogens with one attached hydrogen (secondary N) is 1. The van der Waals surface area contributed by atoms with Gasteiger partial charge in [-0.3, -0.25) is 4.48 Å². The van der Waals surface area contributed by atoms with E-state index in [0.29, 0.717) is 0 Å². The van der Waals surface area contributed by atoms with Crippen LogP contribution in [-0.2, 0) is 0 Å². The molecule has 3 heterocycles. The van der Waals surface area contributed by atoms with Crippen LogP contribution in [0.4, 0.5) is 5.69 Å². The second-order valence-corrected chi connectivity index (χ2v) is 8.43. The standard InChI is InChI=1S/C25H30N3/c1-3-9-20(10-4-1)24-19-25(22-11-5-6-12-23(22)27-24)28(17-7-2-8-18-28)21-13-15-26-16-14-21/h1,3-6,9-12,19,21,26H,2,7-8,13-18H2/q+1. The van der Waals surface area contributed by atoms with Crippen LogP contribution in [0, 0.1) is 0 Å². The number of fused-ring (bicyclic) bond motifs is 1. The number of rotatable bonds is 3. The van der Waals surface area contributed by atoms with Gasteiger partial charge < -0.3 is 5.32 Å². The molecule has 0 atom stereocenters. The molecular formula is C25H30N3+. The van der Waals surface area contributed by atoms with Crippen LogP contribution in [0.2, 0.25) is 0 Å². The zero-order chi connectivity index (χ0) is 18.8. The van der Waals surface area contributed by atoms with Gasteiger partial charge >= 0.3 is 0 Å². The van der Waals surface area contributed by atoms with Crippen molar-refractivity contribution in [3.63, 3.8) is 0 Å². The van der Waals surface area contributed by atoms with Crippen LogP contribution in [0.1, 0.15) is 32.1 Å². The van der Waals surface area contributed by atoms with E-state index in [1.165, 1.54) is 61.8 Å². The minimum atomic E-state index is 0.718. The van der Waals surface area contributed by atoms with E-state index in [2.05, 4.69) is 66.0 Å². The SMILES string of the molecule is c1ccc(-c2cc([N+]3(C4CCNCC4)CCCCC3)c3ccccc3n2)cc1. The Bertz CT molecular complexity index is 938. The second kappa shape index (κ2) is 7.65. The lowest BCUT2D eigenvalue weighted by atomic mass is 9.93. The van der Waals surface area contributed by atoms with Crippen molar-refractivity contribution in [3.8, 4) is 11.3 Å². The summed E-state index contributed by atoms with van der Waals surface area (Å²) in [5, 5.41) is 4.92. The number of likely N-dealkylation sites (tertiary alicyclic amines) is 1. The maximum Gasteiger partial charge on any atom is 0.144 e. The normalized spacial score (nSPS) is 20.3. The van der Waals surface area contributed by atoms with Crippen LogP contribution in [-0.4, -0.2) is 37.2 Å². The van der Waals surface area contributed by atoms with Crippen LogP contribution in [0.25, 0.3) is 22.2 Å². The van der Waals surface area contributed by atoms with Crippen LogP contribution in [0.3, 0.4) is 0 Å². The zero-order valence-corrected chi connectivity index (χ0v) is 16.6. The Balaban J connectivity index is 1.72. The first kappa shape index (κ1) is 17.8. The first-order valence-corrected chi connectivity index (χ1v) is 10.9. The lowest BCUT2D eigenvalue weighted by molar-refractivity contribution is 0.140. The lowest BCUT2D eigenvalue weighted by Crippen LogP contribution is -2.62. The van der Waals surface area contributed by atoms with E-state index in [9.17, 15) is 0 Å². The number of para-hydroxylation sites is 1. The van der Waals surface area contributed by atoms with Crippen LogP contribution < -0.4 is 9.80 Å². The molecule has 2 aliphatic rings. The smallest absolute Gasteiger partial charge is 0.144 e. The summed E-state index contributed by atoms with van der Waals surface area (Å²) in [4.78, 5) is 5.05. The number of nitrogens with zero attached hydrogens (tertiary/aromatic N) is 2. The molecule has 1 N–H and O–H groups in total. The molecule has 3 aromatic rings. The molecule has 0 radical (unpaired) electrons. The number of piperidine rings is 2. The molecule has 28 heavy (non-hydrogen) atoms. The average molecular weight is 373 g/mol. The van der Waals surface area contributed by atoms with Crippen molar-refractivity contribution in [2.24, 2.45) is 0 Å². The molecule has 0 unspecified atom stereocenters. The van der Waals surface area contributed by atoms with E-state index in [-0.39, 0.29) is 0 Å². The molecule has 2 saturated heterocycles. The first-order chi connectivity index (χ1) is 13.9. The first-order valence-electron chi connectivity index (χ1n) is 10.9. The highest BCUT2D eigenvalue weighted by Gasteiger charge is 2.42. The molecule has 0 spiro atoms. The molecule has 0 bridgehead atoms. The van der Waals surface area contributed by atoms with Crippen LogP contribution in [0.15, 0.2) is 60.7 Å². The predicted octanol–water partition coefficient (Wildman–Crippen LogP) is 5.15. The minimum absolute atomic E-state index is 0.718. The monoisotopic (exact) mass is 372 g/mol. The van der Waals surface area contributed by atoms with Gasteiger partial charge in [-0.2, -0.15) is 0 Å². The maximum atomic E-state index is 5.05. The Morgan fingerprint density at radius 3 is 2.32 bits per heavy atom. The molecule has 0 aliphatic carbocycles. The third-order valence-electron chi connectivity index (χ3n) is 6.87. The molecule has 2 aliphatic heterocycles. The number of pyridine rings is 1. The molecule has 144 valence electrons. The Morgan fingerprint density at radius 1 is 0.821 bits per heavy atom. The highest BCUT2D eigenvalue weighted by molar-refractivity contribution is 5.93. The Morgan fingerprint density at radius 2 is 1.54 bits per heavy atom. The summed E-state index contributed by atoms with van der Waals surface area (Å²) in [6.07, 6.45) is 6.59. The van der Waals surface area contributed by atoms with Gasteiger partial charge in [0.2, 0.25) is 0 Å². The van der Waals surface area contributed by atoms with E-state index in [1.807, 2.05) is 0 Å². The summed E-state index contributed by atoms with van der Waals surface area (Å²) in [6, 6.07) is 22.6. The number of quaternary nitrogens is 1. The van der Waals surface area contributed by atoms with Crippen molar-refractivity contribution in [2.45, 2.75) is 38.1 Å². The highest BCUT2D eigenvalue weighted by Crippen LogP contribution is 2.41. The molecule has 0 amide bonds. The van der Waals surface area contributed by atoms with Gasteiger partial charge in [0.1, 0.15) is 5.69 Å². The third kappa shape index (κ3) is 3.13. The Labute approximate surface area is 168 Å². The molecule has 3 heteroatoms. The summed E-state index contributed by atoms with van der Waals surface area (Å²) in [6.45, 7) is 4.85. The highest BCUT2D eigenvalue weighted by atomic mass is 15.4. The fourth-order valence-corrected chi connectivity index (χ4v) is 5.46. The molecule has 1 aromatic heterocycles. The fraction of sp³-hybridized carbons (Fsp3) is 0.400. The predicted molar refractivity (Wildman–Crippen MR) is 118 cm³/mol. The van der Waals surface area contributed by atoms with E-state index in [1.54, 1.807) is 0 Å². The summed E-state index contributed by atoms with van der Waals surface area (Å²) < 4.78 is 1.16. The van der Waals surface area contributed by atoms with Gasteiger partial charge in [-0.15, -0.1) is 0 Å². The topological polar surface area (TPSA) is 24.9 Å². The van der Waals surface area contributed by atoms with Crippen molar-refractivity contribution in [1.29, 1.82) is 0 Å². The van der Waals surface area contributed by atoms with Crippen molar-refractivity contribution in [3.05, 3.63) is 60.7 Å².